The van der Waals surface area contributed by atoms with Crippen LogP contribution < -0.4 is 5.32 Å². The van der Waals surface area contributed by atoms with E-state index < -0.39 is 0 Å². The summed E-state index contributed by atoms with van der Waals surface area (Å²) in [6.07, 6.45) is 1.22. The Hall–Kier alpha value is -0.860. The predicted molar refractivity (Wildman–Crippen MR) is 82.3 cm³/mol. The van der Waals surface area contributed by atoms with Crippen LogP contribution in [0.2, 0.25) is 0 Å². The number of benzene rings is 1. The molecule has 2 nitrogen and oxygen atoms in total. The standard InChI is InChI=1S/C17H28N2/c1-5-11-19-12-16(14(2)3)18-13-17(19,4)15-9-7-6-8-10-15/h6-10,14,16,18H,5,11-13H2,1-4H3. The van der Waals surface area contributed by atoms with Gasteiger partial charge in [0, 0.05) is 19.1 Å². The molecule has 1 saturated heterocycles. The van der Waals surface area contributed by atoms with Gasteiger partial charge >= 0.3 is 0 Å². The summed E-state index contributed by atoms with van der Waals surface area (Å²) in [4.78, 5) is 2.67. The Labute approximate surface area is 118 Å². The monoisotopic (exact) mass is 260 g/mol. The molecule has 0 saturated carbocycles. The summed E-state index contributed by atoms with van der Waals surface area (Å²) < 4.78 is 0. The molecule has 2 unspecified atom stereocenters. The van der Waals surface area contributed by atoms with E-state index in [2.05, 4.69) is 68.2 Å². The largest absolute Gasteiger partial charge is 0.310 e. The second kappa shape index (κ2) is 6.06. The molecule has 1 aromatic carbocycles. The maximum absolute atomic E-state index is 3.75. The Morgan fingerprint density at radius 2 is 2.00 bits per heavy atom. The predicted octanol–water partition coefficient (Wildman–Crippen LogP) is 3.24. The minimum absolute atomic E-state index is 0.128. The number of hydrogen-bond acceptors (Lipinski definition) is 2. The second-order valence-electron chi connectivity index (χ2n) is 6.32. The zero-order valence-electron chi connectivity index (χ0n) is 12.8. The molecule has 1 heterocycles. The van der Waals surface area contributed by atoms with Crippen molar-refractivity contribution in [1.82, 2.24) is 10.2 Å². The third kappa shape index (κ3) is 3.01. The van der Waals surface area contributed by atoms with Crippen molar-refractivity contribution < 1.29 is 0 Å². The number of rotatable bonds is 4. The fourth-order valence-electron chi connectivity index (χ4n) is 3.08. The van der Waals surface area contributed by atoms with Crippen LogP contribution >= 0.6 is 0 Å². The summed E-state index contributed by atoms with van der Waals surface area (Å²) in [5, 5.41) is 3.75. The normalized spacial score (nSPS) is 28.8. The SMILES string of the molecule is CCCN1CC(C(C)C)NCC1(C)c1ccccc1. The first-order chi connectivity index (χ1) is 9.08. The lowest BCUT2D eigenvalue weighted by Crippen LogP contribution is -2.62. The van der Waals surface area contributed by atoms with Crippen molar-refractivity contribution in [3.05, 3.63) is 35.9 Å². The molecule has 0 spiro atoms. The molecule has 0 aliphatic carbocycles. The number of piperazine rings is 1. The van der Waals surface area contributed by atoms with Crippen LogP contribution in [0.15, 0.2) is 30.3 Å². The van der Waals surface area contributed by atoms with E-state index in [0.717, 1.165) is 13.1 Å². The molecule has 1 aliphatic rings. The number of nitrogens with zero attached hydrogens (tertiary/aromatic N) is 1. The molecule has 19 heavy (non-hydrogen) atoms. The molecule has 2 atom stereocenters. The summed E-state index contributed by atoms with van der Waals surface area (Å²) in [5.74, 6) is 0.694. The molecule has 0 bridgehead atoms. The van der Waals surface area contributed by atoms with Crippen LogP contribution in [-0.2, 0) is 5.54 Å². The van der Waals surface area contributed by atoms with Crippen LogP contribution in [0.4, 0.5) is 0 Å². The van der Waals surface area contributed by atoms with Crippen molar-refractivity contribution in [2.24, 2.45) is 5.92 Å². The minimum atomic E-state index is 0.128. The number of hydrogen-bond donors (Lipinski definition) is 1. The van der Waals surface area contributed by atoms with Gasteiger partial charge in [0.1, 0.15) is 0 Å². The van der Waals surface area contributed by atoms with Gasteiger partial charge in [-0.15, -0.1) is 0 Å². The highest BCUT2D eigenvalue weighted by Gasteiger charge is 2.39. The van der Waals surface area contributed by atoms with Crippen LogP contribution in [0.25, 0.3) is 0 Å². The highest BCUT2D eigenvalue weighted by atomic mass is 15.3. The average molecular weight is 260 g/mol. The molecule has 0 amide bonds. The van der Waals surface area contributed by atoms with E-state index in [1.165, 1.54) is 18.5 Å². The van der Waals surface area contributed by atoms with Gasteiger partial charge < -0.3 is 5.32 Å². The second-order valence-corrected chi connectivity index (χ2v) is 6.32. The summed E-state index contributed by atoms with van der Waals surface area (Å²) in [5.41, 5.74) is 1.56. The van der Waals surface area contributed by atoms with Gasteiger partial charge in [0.2, 0.25) is 0 Å². The molecule has 1 fully saturated rings. The zero-order valence-corrected chi connectivity index (χ0v) is 12.8. The van der Waals surface area contributed by atoms with Gasteiger partial charge in [-0.3, -0.25) is 4.90 Å². The lowest BCUT2D eigenvalue weighted by molar-refractivity contribution is 0.0391. The fourth-order valence-corrected chi connectivity index (χ4v) is 3.08. The Bertz CT molecular complexity index is 388. The van der Waals surface area contributed by atoms with Gasteiger partial charge in [0.05, 0.1) is 5.54 Å². The Morgan fingerprint density at radius 1 is 1.32 bits per heavy atom. The average Bonchev–Trinajstić information content (AvgIpc) is 2.42. The van der Waals surface area contributed by atoms with Gasteiger partial charge in [0.25, 0.3) is 0 Å². The summed E-state index contributed by atoms with van der Waals surface area (Å²) in [7, 11) is 0. The van der Waals surface area contributed by atoms with E-state index in [0.29, 0.717) is 12.0 Å². The van der Waals surface area contributed by atoms with Crippen molar-refractivity contribution in [2.45, 2.75) is 45.7 Å². The Balaban J connectivity index is 2.23. The summed E-state index contributed by atoms with van der Waals surface area (Å²) >= 11 is 0. The Morgan fingerprint density at radius 3 is 2.58 bits per heavy atom. The minimum Gasteiger partial charge on any atom is -0.310 e. The molecule has 106 valence electrons. The molecule has 1 aromatic rings. The molecule has 1 N–H and O–H groups in total. The third-order valence-electron chi connectivity index (χ3n) is 4.52. The van der Waals surface area contributed by atoms with Crippen molar-refractivity contribution in [3.63, 3.8) is 0 Å². The highest BCUT2D eigenvalue weighted by molar-refractivity contribution is 5.25. The lowest BCUT2D eigenvalue weighted by atomic mass is 9.85. The van der Waals surface area contributed by atoms with Crippen LogP contribution in [0.5, 0.6) is 0 Å². The quantitative estimate of drug-likeness (QED) is 0.894. The summed E-state index contributed by atoms with van der Waals surface area (Å²) in [6.45, 7) is 12.6. The van der Waals surface area contributed by atoms with Crippen molar-refractivity contribution in [3.8, 4) is 0 Å². The van der Waals surface area contributed by atoms with Crippen molar-refractivity contribution >= 4 is 0 Å². The molecule has 2 heteroatoms. The van der Waals surface area contributed by atoms with Crippen molar-refractivity contribution in [1.29, 1.82) is 0 Å². The van der Waals surface area contributed by atoms with E-state index in [1.807, 2.05) is 0 Å². The molecular weight excluding hydrogens is 232 g/mol. The topological polar surface area (TPSA) is 15.3 Å². The van der Waals surface area contributed by atoms with Gasteiger partial charge in [-0.2, -0.15) is 0 Å². The first kappa shape index (κ1) is 14.5. The van der Waals surface area contributed by atoms with Gasteiger partial charge in [-0.25, -0.2) is 0 Å². The van der Waals surface area contributed by atoms with Crippen LogP contribution in [0.3, 0.4) is 0 Å². The van der Waals surface area contributed by atoms with Crippen LogP contribution in [0.1, 0.15) is 39.7 Å². The maximum Gasteiger partial charge on any atom is 0.0558 e. The van der Waals surface area contributed by atoms with E-state index >= 15 is 0 Å². The maximum atomic E-state index is 3.75. The van der Waals surface area contributed by atoms with Crippen LogP contribution in [-0.4, -0.2) is 30.6 Å². The Kier molecular flexibility index (Phi) is 4.64. The van der Waals surface area contributed by atoms with Crippen LogP contribution in [0, 0.1) is 5.92 Å². The first-order valence-corrected chi connectivity index (χ1v) is 7.62. The van der Waals surface area contributed by atoms with Gasteiger partial charge in [-0.1, -0.05) is 51.1 Å². The summed E-state index contributed by atoms with van der Waals surface area (Å²) in [6, 6.07) is 11.5. The molecule has 2 rings (SSSR count). The van der Waals surface area contributed by atoms with Gasteiger partial charge in [-0.05, 0) is 31.4 Å². The smallest absolute Gasteiger partial charge is 0.0558 e. The van der Waals surface area contributed by atoms with E-state index in [9.17, 15) is 0 Å². The molecule has 0 radical (unpaired) electrons. The molecular formula is C17H28N2. The first-order valence-electron chi connectivity index (χ1n) is 7.62. The van der Waals surface area contributed by atoms with Crippen molar-refractivity contribution in [2.75, 3.05) is 19.6 Å². The van der Waals surface area contributed by atoms with E-state index in [1.54, 1.807) is 0 Å². The fraction of sp³-hybridized carbons (Fsp3) is 0.647. The number of nitrogens with one attached hydrogen (secondary N) is 1. The third-order valence-corrected chi connectivity index (χ3v) is 4.52. The molecule has 0 aromatic heterocycles. The molecule has 1 aliphatic heterocycles. The van der Waals surface area contributed by atoms with E-state index in [-0.39, 0.29) is 5.54 Å². The lowest BCUT2D eigenvalue weighted by Gasteiger charge is -2.49. The van der Waals surface area contributed by atoms with Gasteiger partial charge in [0.15, 0.2) is 0 Å². The van der Waals surface area contributed by atoms with E-state index in [4.69, 9.17) is 0 Å². The highest BCUT2D eigenvalue weighted by Crippen LogP contribution is 2.31. The zero-order chi connectivity index (χ0) is 13.9.